The number of carboxylic acids is 1. The molecule has 2 N–H and O–H groups in total. The molecule has 0 bridgehead atoms. The number of hydrogen-bond donors (Lipinski definition) is 2. The fraction of sp³-hybridized carbons (Fsp3) is 0.364. The molecule has 1 unspecified atom stereocenters. The lowest BCUT2D eigenvalue weighted by Gasteiger charge is -2.18. The maximum Gasteiger partial charge on any atom is 0.419 e. The first-order valence-electron chi connectivity index (χ1n) is 5.31. The Morgan fingerprint density at radius 3 is 2.19 bits per heavy atom. The van der Waals surface area contributed by atoms with E-state index in [1.54, 1.807) is 5.32 Å². The first-order valence-corrected chi connectivity index (χ1v) is 5.31. The Labute approximate surface area is 113 Å². The summed E-state index contributed by atoms with van der Waals surface area (Å²) in [5, 5.41) is 10.3. The van der Waals surface area contributed by atoms with Crippen LogP contribution in [0.5, 0.6) is 0 Å². The van der Waals surface area contributed by atoms with Crippen LogP contribution in [-0.4, -0.2) is 23.8 Å². The summed E-state index contributed by atoms with van der Waals surface area (Å²) in [5.74, 6) is -3.47. The third kappa shape index (κ3) is 4.88. The van der Waals surface area contributed by atoms with Gasteiger partial charge in [-0.2, -0.15) is 26.3 Å². The molecule has 0 aliphatic heterocycles. The van der Waals surface area contributed by atoms with Crippen molar-refractivity contribution >= 4 is 5.97 Å². The zero-order valence-electron chi connectivity index (χ0n) is 10.0. The van der Waals surface area contributed by atoms with Gasteiger partial charge in [0.2, 0.25) is 0 Å². The molecule has 0 aromatic heterocycles. The minimum absolute atomic E-state index is 0.164. The molecule has 21 heavy (non-hydrogen) atoms. The molecule has 0 saturated heterocycles. The van der Waals surface area contributed by atoms with Gasteiger partial charge in [0.1, 0.15) is 11.9 Å². The summed E-state index contributed by atoms with van der Waals surface area (Å²) in [6.07, 6.45) is -9.84. The lowest BCUT2D eigenvalue weighted by Crippen LogP contribution is -2.36. The third-order valence-electron chi connectivity index (χ3n) is 2.38. The Balaban J connectivity index is 3.13. The monoisotopic (exact) mass is 319 g/mol. The molecule has 1 atom stereocenters. The Morgan fingerprint density at radius 2 is 1.76 bits per heavy atom. The summed E-state index contributed by atoms with van der Waals surface area (Å²) >= 11 is 0. The highest BCUT2D eigenvalue weighted by Crippen LogP contribution is 2.33. The summed E-state index contributed by atoms with van der Waals surface area (Å²) in [5.41, 5.74) is -2.39. The zero-order chi connectivity index (χ0) is 16.4. The van der Waals surface area contributed by atoms with Gasteiger partial charge in [0, 0.05) is 0 Å². The predicted octanol–water partition coefficient (Wildman–Crippen LogP) is 3.12. The smallest absolute Gasteiger partial charge is 0.419 e. The lowest BCUT2D eigenvalue weighted by atomic mass is 10.0. The van der Waals surface area contributed by atoms with E-state index in [-0.39, 0.29) is 6.07 Å². The molecule has 0 radical (unpaired) electrons. The van der Waals surface area contributed by atoms with Crippen LogP contribution in [0.1, 0.15) is 17.2 Å². The van der Waals surface area contributed by atoms with E-state index >= 15 is 0 Å². The van der Waals surface area contributed by atoms with Crippen LogP contribution in [-0.2, 0) is 11.0 Å². The van der Waals surface area contributed by atoms with Crippen molar-refractivity contribution in [3.05, 3.63) is 35.1 Å². The van der Waals surface area contributed by atoms with Gasteiger partial charge in [0.15, 0.2) is 0 Å². The predicted molar refractivity (Wildman–Crippen MR) is 55.8 cm³/mol. The van der Waals surface area contributed by atoms with Crippen molar-refractivity contribution in [1.82, 2.24) is 5.32 Å². The molecular weight excluding hydrogens is 311 g/mol. The van der Waals surface area contributed by atoms with Crippen molar-refractivity contribution in [2.24, 2.45) is 0 Å². The maximum absolute atomic E-state index is 13.0. The number of rotatable bonds is 4. The molecule has 0 amide bonds. The lowest BCUT2D eigenvalue weighted by molar-refractivity contribution is -0.144. The number of nitrogens with one attached hydrogen (secondary N) is 1. The highest BCUT2D eigenvalue weighted by atomic mass is 19.4. The van der Waals surface area contributed by atoms with Crippen LogP contribution in [0.3, 0.4) is 0 Å². The minimum atomic E-state index is -5.09. The second-order valence-electron chi connectivity index (χ2n) is 4.00. The van der Waals surface area contributed by atoms with Crippen molar-refractivity contribution in [3.63, 3.8) is 0 Å². The summed E-state index contributed by atoms with van der Waals surface area (Å²) in [7, 11) is 0. The Bertz CT molecular complexity index is 524. The Hall–Kier alpha value is -1.84. The van der Waals surface area contributed by atoms with E-state index in [0.717, 1.165) is 0 Å². The molecule has 1 rings (SSSR count). The average molecular weight is 319 g/mol. The van der Waals surface area contributed by atoms with Gasteiger partial charge in [0.05, 0.1) is 12.1 Å². The summed E-state index contributed by atoms with van der Waals surface area (Å²) in [6, 6.07) is -0.860. The molecule has 0 saturated carbocycles. The third-order valence-corrected chi connectivity index (χ3v) is 2.38. The standard InChI is InChI=1S/C11H8F7NO2/c12-7-2-1-5(3-6(7)11(16,17)18)8(9(20)21)19-4-10(13,14)15/h1-3,8,19H,4H2,(H,20,21). The van der Waals surface area contributed by atoms with Crippen LogP contribution >= 0.6 is 0 Å². The fourth-order valence-electron chi connectivity index (χ4n) is 1.51. The van der Waals surface area contributed by atoms with Gasteiger partial charge < -0.3 is 5.11 Å². The van der Waals surface area contributed by atoms with Gasteiger partial charge >= 0.3 is 18.3 Å². The quantitative estimate of drug-likeness (QED) is 0.839. The Kier molecular flexibility index (Phi) is 4.82. The van der Waals surface area contributed by atoms with Crippen molar-refractivity contribution in [2.45, 2.75) is 18.4 Å². The molecule has 3 nitrogen and oxygen atoms in total. The topological polar surface area (TPSA) is 49.3 Å². The molecule has 0 aliphatic rings. The number of carbonyl (C=O) groups is 1. The van der Waals surface area contributed by atoms with Crippen molar-refractivity contribution in [2.75, 3.05) is 6.54 Å². The molecule has 0 fully saturated rings. The number of aliphatic carboxylic acids is 1. The largest absolute Gasteiger partial charge is 0.480 e. The van der Waals surface area contributed by atoms with Crippen molar-refractivity contribution in [3.8, 4) is 0 Å². The number of halogens is 7. The van der Waals surface area contributed by atoms with E-state index < -0.39 is 47.9 Å². The molecule has 10 heteroatoms. The zero-order valence-corrected chi connectivity index (χ0v) is 10.0. The molecular formula is C11H8F7NO2. The summed E-state index contributed by atoms with van der Waals surface area (Å²) < 4.78 is 86.6. The van der Waals surface area contributed by atoms with Crippen LogP contribution in [0, 0.1) is 5.82 Å². The number of carboxylic acid groups (broad SMARTS) is 1. The molecule has 118 valence electrons. The van der Waals surface area contributed by atoms with Crippen LogP contribution in [0.2, 0.25) is 0 Å². The number of benzene rings is 1. The molecule has 0 spiro atoms. The van der Waals surface area contributed by atoms with E-state index in [1.807, 2.05) is 0 Å². The number of alkyl halides is 6. The van der Waals surface area contributed by atoms with E-state index in [1.165, 1.54) is 0 Å². The normalized spacial score (nSPS) is 14.0. The van der Waals surface area contributed by atoms with Crippen LogP contribution < -0.4 is 5.32 Å². The fourth-order valence-corrected chi connectivity index (χ4v) is 1.51. The first-order chi connectivity index (χ1) is 9.42. The van der Waals surface area contributed by atoms with Crippen LogP contribution in [0.15, 0.2) is 18.2 Å². The second kappa shape index (κ2) is 5.88. The number of hydrogen-bond acceptors (Lipinski definition) is 2. The summed E-state index contributed by atoms with van der Waals surface area (Å²) in [4.78, 5) is 10.9. The summed E-state index contributed by atoms with van der Waals surface area (Å²) in [6.45, 7) is -1.72. The van der Waals surface area contributed by atoms with E-state index in [9.17, 15) is 35.5 Å². The molecule has 0 heterocycles. The van der Waals surface area contributed by atoms with Crippen molar-refractivity contribution < 1.29 is 40.6 Å². The van der Waals surface area contributed by atoms with Gasteiger partial charge in [-0.3, -0.25) is 10.1 Å². The van der Waals surface area contributed by atoms with Gasteiger partial charge in [-0.15, -0.1) is 0 Å². The minimum Gasteiger partial charge on any atom is -0.480 e. The first kappa shape index (κ1) is 17.2. The van der Waals surface area contributed by atoms with Crippen LogP contribution in [0.25, 0.3) is 0 Å². The van der Waals surface area contributed by atoms with E-state index in [2.05, 4.69) is 0 Å². The van der Waals surface area contributed by atoms with E-state index in [4.69, 9.17) is 5.11 Å². The van der Waals surface area contributed by atoms with Gasteiger partial charge in [-0.25, -0.2) is 4.39 Å². The highest BCUT2D eigenvalue weighted by molar-refractivity contribution is 5.75. The Morgan fingerprint density at radius 1 is 1.19 bits per heavy atom. The van der Waals surface area contributed by atoms with E-state index in [0.29, 0.717) is 12.1 Å². The average Bonchev–Trinajstić information content (AvgIpc) is 2.27. The van der Waals surface area contributed by atoms with Gasteiger partial charge in [-0.1, -0.05) is 6.07 Å². The molecule has 1 aromatic rings. The van der Waals surface area contributed by atoms with Gasteiger partial charge in [-0.05, 0) is 17.7 Å². The van der Waals surface area contributed by atoms with Gasteiger partial charge in [0.25, 0.3) is 0 Å². The molecule has 0 aliphatic carbocycles. The molecule has 1 aromatic carbocycles. The highest BCUT2D eigenvalue weighted by Gasteiger charge is 2.36. The maximum atomic E-state index is 13.0. The second-order valence-corrected chi connectivity index (χ2v) is 4.00. The van der Waals surface area contributed by atoms with Crippen LogP contribution in [0.4, 0.5) is 30.7 Å². The SMILES string of the molecule is O=C(O)C(NCC(F)(F)F)c1ccc(F)c(C(F)(F)F)c1. The van der Waals surface area contributed by atoms with Crippen molar-refractivity contribution in [1.29, 1.82) is 0 Å².